The second-order valence-corrected chi connectivity index (χ2v) is 4.81. The van der Waals surface area contributed by atoms with Crippen molar-refractivity contribution in [3.05, 3.63) is 63.2 Å². The highest BCUT2D eigenvalue weighted by Gasteiger charge is 2.13. The molecule has 0 aliphatic heterocycles. The number of esters is 1. The number of para-hydroxylation sites is 1. The van der Waals surface area contributed by atoms with E-state index in [0.717, 1.165) is 0 Å². The number of ether oxygens (including phenoxy) is 2. The molecule has 0 aliphatic rings. The van der Waals surface area contributed by atoms with E-state index < -0.39 is 10.9 Å². The number of rotatable bonds is 5. The molecule has 0 aromatic heterocycles. The smallest absolute Gasteiger partial charge is 0.349 e. The fourth-order valence-electron chi connectivity index (χ4n) is 1.76. The van der Waals surface area contributed by atoms with Crippen molar-refractivity contribution in [1.29, 1.82) is 0 Å². The van der Waals surface area contributed by atoms with Crippen LogP contribution in [0.4, 0.5) is 5.69 Å². The summed E-state index contributed by atoms with van der Waals surface area (Å²) in [6.45, 7) is 1.25. The van der Waals surface area contributed by atoms with E-state index >= 15 is 0 Å². The van der Waals surface area contributed by atoms with Crippen LogP contribution in [0.25, 0.3) is 0 Å². The number of nitrogens with zero attached hydrogens (tertiary/aromatic N) is 1. The fraction of sp³-hybridized carbons (Fsp3) is 0.133. The predicted molar refractivity (Wildman–Crippen MR) is 80.4 cm³/mol. The van der Waals surface area contributed by atoms with Crippen molar-refractivity contribution in [3.8, 4) is 11.5 Å². The van der Waals surface area contributed by atoms with Crippen LogP contribution in [0.2, 0.25) is 5.02 Å². The zero-order valence-electron chi connectivity index (χ0n) is 11.6. The highest BCUT2D eigenvalue weighted by atomic mass is 35.5. The molecule has 6 nitrogen and oxygen atoms in total. The van der Waals surface area contributed by atoms with Crippen LogP contribution in [-0.4, -0.2) is 17.5 Å². The molecule has 2 rings (SSSR count). The standard InChI is InChI=1S/C15H12ClNO5/c1-10-8-11(6-7-13(10)17(19)20)22-15(18)9-21-14-5-3-2-4-12(14)16/h2-8H,9H2,1H3. The van der Waals surface area contributed by atoms with E-state index in [4.69, 9.17) is 21.1 Å². The SMILES string of the molecule is Cc1cc(OC(=O)COc2ccccc2Cl)ccc1[N+](=O)[O-]. The maximum atomic E-state index is 11.7. The first-order chi connectivity index (χ1) is 10.5. The molecule has 2 aromatic rings. The monoisotopic (exact) mass is 321 g/mol. The molecule has 0 fully saturated rings. The van der Waals surface area contributed by atoms with Gasteiger partial charge in [-0.15, -0.1) is 0 Å². The Bertz CT molecular complexity index is 717. The average molecular weight is 322 g/mol. The maximum absolute atomic E-state index is 11.7. The fourth-order valence-corrected chi connectivity index (χ4v) is 1.95. The lowest BCUT2D eigenvalue weighted by atomic mass is 10.2. The molecule has 0 atom stereocenters. The second-order valence-electron chi connectivity index (χ2n) is 4.40. The molecule has 0 amide bonds. The molecule has 0 N–H and O–H groups in total. The van der Waals surface area contributed by atoms with E-state index in [2.05, 4.69) is 0 Å². The Morgan fingerprint density at radius 2 is 2.00 bits per heavy atom. The summed E-state index contributed by atoms with van der Waals surface area (Å²) in [6, 6.07) is 10.8. The largest absolute Gasteiger partial charge is 0.480 e. The Balaban J connectivity index is 1.96. The molecule has 0 saturated heterocycles. The lowest BCUT2D eigenvalue weighted by Crippen LogP contribution is -2.17. The summed E-state index contributed by atoms with van der Waals surface area (Å²) in [5.74, 6) is -0.0370. The van der Waals surface area contributed by atoms with Crippen molar-refractivity contribution in [2.24, 2.45) is 0 Å². The predicted octanol–water partition coefficient (Wildman–Crippen LogP) is 3.54. The Morgan fingerprint density at radius 3 is 2.64 bits per heavy atom. The first-order valence-corrected chi connectivity index (χ1v) is 6.68. The Morgan fingerprint density at radius 1 is 1.27 bits per heavy atom. The van der Waals surface area contributed by atoms with Crippen LogP contribution in [0, 0.1) is 17.0 Å². The van der Waals surface area contributed by atoms with E-state index in [1.54, 1.807) is 31.2 Å². The van der Waals surface area contributed by atoms with Gasteiger partial charge < -0.3 is 9.47 Å². The Hall–Kier alpha value is -2.60. The third kappa shape index (κ3) is 3.95. The zero-order chi connectivity index (χ0) is 16.1. The number of halogens is 1. The van der Waals surface area contributed by atoms with Gasteiger partial charge in [0.05, 0.1) is 9.95 Å². The summed E-state index contributed by atoms with van der Waals surface area (Å²) < 4.78 is 10.3. The second kappa shape index (κ2) is 6.91. The number of nitro benzene ring substituents is 1. The van der Waals surface area contributed by atoms with Gasteiger partial charge in [0.1, 0.15) is 11.5 Å². The minimum absolute atomic E-state index is 0.0351. The summed E-state index contributed by atoms with van der Waals surface area (Å²) in [6.07, 6.45) is 0. The maximum Gasteiger partial charge on any atom is 0.349 e. The summed E-state index contributed by atoms with van der Waals surface area (Å²) in [5.41, 5.74) is 0.370. The number of carbonyl (C=O) groups is 1. The van der Waals surface area contributed by atoms with Crippen molar-refractivity contribution < 1.29 is 19.2 Å². The molecule has 7 heteroatoms. The lowest BCUT2D eigenvalue weighted by Gasteiger charge is -2.08. The van der Waals surface area contributed by atoms with Crippen molar-refractivity contribution in [1.82, 2.24) is 0 Å². The van der Waals surface area contributed by atoms with Gasteiger partial charge in [0.2, 0.25) is 0 Å². The number of aryl methyl sites for hydroxylation is 1. The van der Waals surface area contributed by atoms with Gasteiger partial charge in [0, 0.05) is 11.6 Å². The van der Waals surface area contributed by atoms with Crippen molar-refractivity contribution in [3.63, 3.8) is 0 Å². The molecule has 2 aromatic carbocycles. The molecular formula is C15H12ClNO5. The van der Waals surface area contributed by atoms with Crippen LogP contribution < -0.4 is 9.47 Å². The Kier molecular flexibility index (Phi) is 4.95. The number of hydrogen-bond acceptors (Lipinski definition) is 5. The van der Waals surface area contributed by atoms with Crippen LogP contribution in [0.1, 0.15) is 5.56 Å². The topological polar surface area (TPSA) is 78.7 Å². The molecular weight excluding hydrogens is 310 g/mol. The summed E-state index contributed by atoms with van der Waals surface area (Å²) >= 11 is 5.89. The summed E-state index contributed by atoms with van der Waals surface area (Å²) in [4.78, 5) is 21.9. The molecule has 0 spiro atoms. The normalized spacial score (nSPS) is 10.1. The summed E-state index contributed by atoms with van der Waals surface area (Å²) in [7, 11) is 0. The van der Waals surface area contributed by atoms with E-state index in [0.29, 0.717) is 16.3 Å². The van der Waals surface area contributed by atoms with Crippen LogP contribution >= 0.6 is 11.6 Å². The van der Waals surface area contributed by atoms with Gasteiger partial charge in [-0.25, -0.2) is 4.79 Å². The van der Waals surface area contributed by atoms with Gasteiger partial charge in [-0.05, 0) is 31.2 Å². The number of hydrogen-bond donors (Lipinski definition) is 0. The minimum Gasteiger partial charge on any atom is -0.480 e. The third-order valence-electron chi connectivity index (χ3n) is 2.78. The Labute approximate surface area is 131 Å². The zero-order valence-corrected chi connectivity index (χ0v) is 12.4. The van der Waals surface area contributed by atoms with Crippen molar-refractivity contribution in [2.75, 3.05) is 6.61 Å². The average Bonchev–Trinajstić information content (AvgIpc) is 2.46. The molecule has 0 saturated carbocycles. The highest BCUT2D eigenvalue weighted by Crippen LogP contribution is 2.24. The molecule has 114 valence electrons. The van der Waals surface area contributed by atoms with Gasteiger partial charge in [-0.1, -0.05) is 23.7 Å². The van der Waals surface area contributed by atoms with Crippen LogP contribution in [0.3, 0.4) is 0 Å². The quantitative estimate of drug-likeness (QED) is 0.364. The molecule has 0 aliphatic carbocycles. The summed E-state index contributed by atoms with van der Waals surface area (Å²) in [5, 5.41) is 11.1. The molecule has 22 heavy (non-hydrogen) atoms. The van der Waals surface area contributed by atoms with Gasteiger partial charge in [0.15, 0.2) is 6.61 Å². The van der Waals surface area contributed by atoms with Crippen LogP contribution in [-0.2, 0) is 4.79 Å². The van der Waals surface area contributed by atoms with Crippen molar-refractivity contribution >= 4 is 23.3 Å². The molecule has 0 radical (unpaired) electrons. The number of benzene rings is 2. The van der Waals surface area contributed by atoms with Crippen LogP contribution in [0.5, 0.6) is 11.5 Å². The van der Waals surface area contributed by atoms with E-state index in [1.807, 2.05) is 0 Å². The lowest BCUT2D eigenvalue weighted by molar-refractivity contribution is -0.385. The minimum atomic E-state index is -0.631. The number of nitro groups is 1. The molecule has 0 unspecified atom stereocenters. The van der Waals surface area contributed by atoms with Gasteiger partial charge in [-0.3, -0.25) is 10.1 Å². The molecule has 0 heterocycles. The molecule has 0 bridgehead atoms. The highest BCUT2D eigenvalue weighted by molar-refractivity contribution is 6.32. The van der Waals surface area contributed by atoms with Crippen molar-refractivity contribution in [2.45, 2.75) is 6.92 Å². The first-order valence-electron chi connectivity index (χ1n) is 6.30. The van der Waals surface area contributed by atoms with E-state index in [-0.39, 0.29) is 18.0 Å². The van der Waals surface area contributed by atoms with E-state index in [9.17, 15) is 14.9 Å². The van der Waals surface area contributed by atoms with Gasteiger partial charge in [0.25, 0.3) is 5.69 Å². The first kappa shape index (κ1) is 15.8. The van der Waals surface area contributed by atoms with Gasteiger partial charge >= 0.3 is 5.97 Å². The van der Waals surface area contributed by atoms with E-state index in [1.165, 1.54) is 18.2 Å². The van der Waals surface area contributed by atoms with Gasteiger partial charge in [-0.2, -0.15) is 0 Å². The number of carbonyl (C=O) groups excluding carboxylic acids is 1. The van der Waals surface area contributed by atoms with Crippen LogP contribution in [0.15, 0.2) is 42.5 Å². The third-order valence-corrected chi connectivity index (χ3v) is 3.09.